The zero-order valence-corrected chi connectivity index (χ0v) is 16.4. The molecule has 2 amide bonds. The molecule has 0 saturated carbocycles. The predicted molar refractivity (Wildman–Crippen MR) is 102 cm³/mol. The second-order valence-corrected chi connectivity index (χ2v) is 7.99. The SMILES string of the molecule is CBc1ccc2c(N(C(=O)OC(C)(C)C)C(=O)OC(C)(C)C)noc2c1. The van der Waals surface area contributed by atoms with E-state index in [-0.39, 0.29) is 5.82 Å². The molecule has 1 aromatic carbocycles. The Hall–Kier alpha value is -2.51. The standard InChI is InChI=1S/C18H25BN2O5/c1-17(2,3)24-15(22)21(16(23)25-18(4,5)6)14-12-9-8-11(19-7)10-13(12)26-20-14/h8-10,19H,1-7H3. The number of carbonyl (C=O) groups is 2. The van der Waals surface area contributed by atoms with Gasteiger partial charge in [0.15, 0.2) is 18.7 Å². The number of imide groups is 1. The third-order valence-corrected chi connectivity index (χ3v) is 3.29. The van der Waals surface area contributed by atoms with Crippen molar-refractivity contribution in [3.05, 3.63) is 18.2 Å². The minimum Gasteiger partial charge on any atom is -0.443 e. The van der Waals surface area contributed by atoms with E-state index < -0.39 is 23.4 Å². The second kappa shape index (κ2) is 7.01. The number of hydrogen-bond acceptors (Lipinski definition) is 6. The summed E-state index contributed by atoms with van der Waals surface area (Å²) in [5.41, 5.74) is -0.0313. The first kappa shape index (κ1) is 19.8. The quantitative estimate of drug-likeness (QED) is 0.761. The van der Waals surface area contributed by atoms with E-state index in [0.29, 0.717) is 11.0 Å². The summed E-state index contributed by atoms with van der Waals surface area (Å²) in [4.78, 5) is 26.1. The van der Waals surface area contributed by atoms with E-state index in [1.165, 1.54) is 0 Å². The number of nitrogens with zero attached hydrogens (tertiary/aromatic N) is 2. The Morgan fingerprint density at radius 3 is 2.04 bits per heavy atom. The van der Waals surface area contributed by atoms with Crippen LogP contribution in [0.5, 0.6) is 0 Å². The molecule has 0 spiro atoms. The summed E-state index contributed by atoms with van der Waals surface area (Å²) < 4.78 is 16.0. The molecule has 140 valence electrons. The molecule has 0 bridgehead atoms. The highest BCUT2D eigenvalue weighted by Gasteiger charge is 2.35. The average Bonchev–Trinajstić information content (AvgIpc) is 2.86. The first-order valence-electron chi connectivity index (χ1n) is 8.55. The number of benzene rings is 1. The van der Waals surface area contributed by atoms with Crippen LogP contribution in [0.25, 0.3) is 11.0 Å². The lowest BCUT2D eigenvalue weighted by Crippen LogP contribution is -2.44. The van der Waals surface area contributed by atoms with Crippen LogP contribution in [0.4, 0.5) is 15.4 Å². The predicted octanol–water partition coefficient (Wildman–Crippen LogP) is 3.61. The van der Waals surface area contributed by atoms with Crippen molar-refractivity contribution in [2.75, 3.05) is 4.90 Å². The van der Waals surface area contributed by atoms with E-state index in [2.05, 4.69) is 5.16 Å². The molecule has 2 aromatic rings. The van der Waals surface area contributed by atoms with E-state index in [4.69, 9.17) is 14.0 Å². The van der Waals surface area contributed by atoms with Crippen molar-refractivity contribution < 1.29 is 23.6 Å². The maximum atomic E-state index is 12.7. The number of hydrogen-bond donors (Lipinski definition) is 0. The molecule has 0 aliphatic heterocycles. The summed E-state index contributed by atoms with van der Waals surface area (Å²) in [6.45, 7) is 12.3. The molecule has 1 heterocycles. The van der Waals surface area contributed by atoms with Gasteiger partial charge in [-0.2, -0.15) is 4.90 Å². The van der Waals surface area contributed by atoms with Crippen molar-refractivity contribution in [1.29, 1.82) is 0 Å². The Labute approximate surface area is 153 Å². The van der Waals surface area contributed by atoms with Crippen molar-refractivity contribution in [1.82, 2.24) is 5.16 Å². The van der Waals surface area contributed by atoms with E-state index in [1.54, 1.807) is 47.6 Å². The van der Waals surface area contributed by atoms with Crippen LogP contribution < -0.4 is 10.4 Å². The van der Waals surface area contributed by atoms with Gasteiger partial charge in [-0.1, -0.05) is 23.5 Å². The molecule has 1 aromatic heterocycles. The monoisotopic (exact) mass is 360 g/mol. The van der Waals surface area contributed by atoms with Crippen LogP contribution >= 0.6 is 0 Å². The van der Waals surface area contributed by atoms with E-state index >= 15 is 0 Å². The molecule has 7 nitrogen and oxygen atoms in total. The fourth-order valence-corrected chi connectivity index (χ4v) is 2.21. The van der Waals surface area contributed by atoms with Gasteiger partial charge in [0.05, 0.1) is 5.39 Å². The van der Waals surface area contributed by atoms with Crippen molar-refractivity contribution in [2.45, 2.75) is 59.6 Å². The second-order valence-electron chi connectivity index (χ2n) is 7.99. The van der Waals surface area contributed by atoms with Crippen molar-refractivity contribution in [2.24, 2.45) is 0 Å². The van der Waals surface area contributed by atoms with Crippen LogP contribution in [0.2, 0.25) is 6.82 Å². The zero-order chi connectivity index (χ0) is 19.7. The normalized spacial score (nSPS) is 12.0. The highest BCUT2D eigenvalue weighted by atomic mass is 16.6. The fraction of sp³-hybridized carbons (Fsp3) is 0.500. The molecule has 2 rings (SSSR count). The van der Waals surface area contributed by atoms with Gasteiger partial charge in [-0.05, 0) is 53.7 Å². The van der Waals surface area contributed by atoms with Gasteiger partial charge in [0.25, 0.3) is 0 Å². The number of fused-ring (bicyclic) bond motifs is 1. The highest BCUT2D eigenvalue weighted by molar-refractivity contribution is 6.52. The van der Waals surface area contributed by atoms with Crippen LogP contribution in [0.1, 0.15) is 41.5 Å². The molecule has 0 unspecified atom stereocenters. The van der Waals surface area contributed by atoms with Crippen molar-refractivity contribution in [3.63, 3.8) is 0 Å². The van der Waals surface area contributed by atoms with Gasteiger partial charge in [0, 0.05) is 0 Å². The number of ether oxygens (including phenoxy) is 2. The molecule has 0 saturated heterocycles. The van der Waals surface area contributed by atoms with Gasteiger partial charge in [0.2, 0.25) is 0 Å². The minimum absolute atomic E-state index is 0.0474. The molecule has 0 radical (unpaired) electrons. The summed E-state index contributed by atoms with van der Waals surface area (Å²) in [6.07, 6.45) is -1.75. The lowest BCUT2D eigenvalue weighted by molar-refractivity contribution is 0.0428. The molecular formula is C18H25BN2O5. The van der Waals surface area contributed by atoms with Gasteiger partial charge >= 0.3 is 12.2 Å². The first-order valence-corrected chi connectivity index (χ1v) is 8.55. The molecule has 26 heavy (non-hydrogen) atoms. The molecule has 8 heteroatoms. The van der Waals surface area contributed by atoms with Gasteiger partial charge in [-0.3, -0.25) is 0 Å². The average molecular weight is 360 g/mol. The lowest BCUT2D eigenvalue weighted by atomic mass is 9.73. The largest absolute Gasteiger partial charge is 0.443 e. The van der Waals surface area contributed by atoms with Gasteiger partial charge in [-0.25, -0.2) is 9.59 Å². The van der Waals surface area contributed by atoms with Crippen LogP contribution in [0, 0.1) is 0 Å². The Kier molecular flexibility index (Phi) is 5.35. The molecule has 0 aliphatic carbocycles. The Morgan fingerprint density at radius 2 is 1.58 bits per heavy atom. The van der Waals surface area contributed by atoms with Crippen LogP contribution in [0.15, 0.2) is 22.7 Å². The van der Waals surface area contributed by atoms with Crippen LogP contribution in [-0.2, 0) is 9.47 Å². The molecule has 0 aliphatic rings. The molecule has 0 fully saturated rings. The smallest absolute Gasteiger partial charge is 0.425 e. The molecular weight excluding hydrogens is 335 g/mol. The number of amides is 2. The zero-order valence-electron chi connectivity index (χ0n) is 16.4. The maximum Gasteiger partial charge on any atom is 0.425 e. The molecule has 0 atom stereocenters. The summed E-state index contributed by atoms with van der Waals surface area (Å²) >= 11 is 0. The molecule has 0 N–H and O–H groups in total. The summed E-state index contributed by atoms with van der Waals surface area (Å²) in [5.74, 6) is 0.0474. The topological polar surface area (TPSA) is 81.9 Å². The van der Waals surface area contributed by atoms with Gasteiger partial charge in [-0.15, -0.1) is 0 Å². The summed E-state index contributed by atoms with van der Waals surface area (Å²) in [6, 6.07) is 5.49. The van der Waals surface area contributed by atoms with Crippen LogP contribution in [0.3, 0.4) is 0 Å². The Morgan fingerprint density at radius 1 is 1.04 bits per heavy atom. The summed E-state index contributed by atoms with van der Waals surface area (Å²) in [5, 5.41) is 4.45. The number of aromatic nitrogens is 1. The van der Waals surface area contributed by atoms with Crippen LogP contribution in [-0.4, -0.2) is 35.8 Å². The number of rotatable bonds is 2. The summed E-state index contributed by atoms with van der Waals surface area (Å²) in [7, 11) is 0.827. The number of anilines is 1. The fourth-order valence-electron chi connectivity index (χ4n) is 2.21. The van der Waals surface area contributed by atoms with Crippen molar-refractivity contribution in [3.8, 4) is 0 Å². The highest BCUT2D eigenvalue weighted by Crippen LogP contribution is 2.28. The van der Waals surface area contributed by atoms with E-state index in [0.717, 1.165) is 17.6 Å². The van der Waals surface area contributed by atoms with Crippen molar-refractivity contribution >= 4 is 41.7 Å². The third-order valence-electron chi connectivity index (χ3n) is 3.29. The minimum atomic E-state index is -0.874. The Bertz CT molecular complexity index is 789. The van der Waals surface area contributed by atoms with E-state index in [9.17, 15) is 9.59 Å². The van der Waals surface area contributed by atoms with Gasteiger partial charge in [0.1, 0.15) is 11.2 Å². The number of carbonyl (C=O) groups excluding carboxylic acids is 2. The van der Waals surface area contributed by atoms with E-state index in [1.807, 2.05) is 19.0 Å². The van der Waals surface area contributed by atoms with Gasteiger partial charge < -0.3 is 14.0 Å². The Balaban J connectivity index is 2.49. The third kappa shape index (κ3) is 4.77. The maximum absolute atomic E-state index is 12.7. The lowest BCUT2D eigenvalue weighted by Gasteiger charge is -2.27. The first-order chi connectivity index (χ1) is 11.9.